The molecule has 1 atom stereocenters. The molecule has 2 amide bonds. The van der Waals surface area contributed by atoms with Gasteiger partial charge in [-0.25, -0.2) is 14.0 Å². The van der Waals surface area contributed by atoms with Crippen molar-refractivity contribution in [1.29, 1.82) is 0 Å². The first-order valence-corrected chi connectivity index (χ1v) is 8.81. The van der Waals surface area contributed by atoms with Crippen molar-refractivity contribution in [2.24, 2.45) is 0 Å². The Morgan fingerprint density at radius 1 is 1.14 bits per heavy atom. The molecule has 0 spiro atoms. The normalized spacial score (nSPS) is 11.8. The Balaban J connectivity index is 2.05. The average molecular weight is 401 g/mol. The van der Waals surface area contributed by atoms with Crippen molar-refractivity contribution in [3.8, 4) is 5.75 Å². The molecular weight excluding hydrogens is 381 g/mol. The fourth-order valence-corrected chi connectivity index (χ4v) is 2.54. The summed E-state index contributed by atoms with van der Waals surface area (Å²) in [5.74, 6) is -3.13. The molecule has 0 heterocycles. The third-order valence-corrected chi connectivity index (χ3v) is 3.94. The van der Waals surface area contributed by atoms with Gasteiger partial charge in [-0.05, 0) is 49.1 Å². The lowest BCUT2D eigenvalue weighted by atomic mass is 10.0. The van der Waals surface area contributed by atoms with Gasteiger partial charge in [0.25, 0.3) is 5.91 Å². The predicted octanol–water partition coefficient (Wildman–Crippen LogP) is 3.95. The number of nitrogens with one attached hydrogen (secondary N) is 1. The van der Waals surface area contributed by atoms with E-state index in [0.717, 1.165) is 18.2 Å². The highest BCUT2D eigenvalue weighted by Gasteiger charge is 2.20. The van der Waals surface area contributed by atoms with Gasteiger partial charge in [0, 0.05) is 11.6 Å². The van der Waals surface area contributed by atoms with Gasteiger partial charge in [0.2, 0.25) is 0 Å². The largest absolute Gasteiger partial charge is 0.505 e. The van der Waals surface area contributed by atoms with E-state index in [0.29, 0.717) is 18.4 Å². The number of aromatic hydroxyl groups is 1. The first-order valence-electron chi connectivity index (χ1n) is 8.81. The molecule has 0 aliphatic carbocycles. The number of carboxylic acids is 1. The molecule has 3 N–H and O–H groups in total. The van der Waals surface area contributed by atoms with E-state index in [1.54, 1.807) is 18.2 Å². The Labute approximate surface area is 166 Å². The summed E-state index contributed by atoms with van der Waals surface area (Å²) >= 11 is 0. The number of carbonyl (C=O) groups excluding carboxylic acids is 2. The van der Waals surface area contributed by atoms with Crippen LogP contribution in [0.15, 0.2) is 60.7 Å². The van der Waals surface area contributed by atoms with Gasteiger partial charge >= 0.3 is 12.1 Å². The number of ether oxygens (including phenoxy) is 1. The van der Waals surface area contributed by atoms with Gasteiger partial charge in [-0.1, -0.05) is 30.3 Å². The molecule has 0 radical (unpaired) electrons. The smallest absolute Gasteiger partial charge is 0.414 e. The van der Waals surface area contributed by atoms with E-state index in [9.17, 15) is 23.9 Å². The van der Waals surface area contributed by atoms with Crippen LogP contribution < -0.4 is 5.32 Å². The Morgan fingerprint density at radius 2 is 1.86 bits per heavy atom. The number of benzene rings is 2. The lowest BCUT2D eigenvalue weighted by Crippen LogP contribution is -2.32. The molecule has 0 fully saturated rings. The number of halogens is 1. The number of aliphatic carboxylic acids is 1. The van der Waals surface area contributed by atoms with Gasteiger partial charge in [0.15, 0.2) is 11.6 Å². The van der Waals surface area contributed by atoms with Crippen LogP contribution in [0.2, 0.25) is 0 Å². The minimum Gasteiger partial charge on any atom is -0.505 e. The number of alkyl carbamates (subject to hydrolysis) is 1. The van der Waals surface area contributed by atoms with E-state index < -0.39 is 35.6 Å². The maximum absolute atomic E-state index is 13.7. The zero-order valence-corrected chi connectivity index (χ0v) is 15.4. The highest BCUT2D eigenvalue weighted by atomic mass is 19.1. The molecule has 2 aromatic rings. The van der Waals surface area contributed by atoms with E-state index >= 15 is 0 Å². The second kappa shape index (κ2) is 10.6. The quantitative estimate of drug-likeness (QED) is 0.456. The third kappa shape index (κ3) is 7.10. The number of hydrogen-bond donors (Lipinski definition) is 3. The maximum atomic E-state index is 13.7. The van der Waals surface area contributed by atoms with Crippen molar-refractivity contribution in [3.05, 3.63) is 77.6 Å². The number of imide groups is 1. The van der Waals surface area contributed by atoms with Crippen molar-refractivity contribution in [3.63, 3.8) is 0 Å². The Morgan fingerprint density at radius 3 is 2.52 bits per heavy atom. The predicted molar refractivity (Wildman–Crippen MR) is 102 cm³/mol. The van der Waals surface area contributed by atoms with Gasteiger partial charge in [-0.2, -0.15) is 0 Å². The molecule has 0 aliphatic rings. The summed E-state index contributed by atoms with van der Waals surface area (Å²) in [5, 5.41) is 20.0. The van der Waals surface area contributed by atoms with Crippen molar-refractivity contribution in [1.82, 2.24) is 5.32 Å². The second-order valence-corrected chi connectivity index (χ2v) is 6.10. The topological polar surface area (TPSA) is 113 Å². The fourth-order valence-electron chi connectivity index (χ4n) is 2.54. The fraction of sp³-hybridized carbons (Fsp3) is 0.190. The summed E-state index contributed by atoms with van der Waals surface area (Å²) in [4.78, 5) is 34.7. The summed E-state index contributed by atoms with van der Waals surface area (Å²) in [7, 11) is 0. The number of phenols is 1. The number of carbonyl (C=O) groups is 3. The molecule has 29 heavy (non-hydrogen) atoms. The molecule has 0 unspecified atom stereocenters. The SMILES string of the molecule is O=C(O)/C=C/CCC[C@H](OC(=O)NC(=O)c1ccccc1)c1ccc(O)c(F)c1. The van der Waals surface area contributed by atoms with E-state index in [2.05, 4.69) is 5.32 Å². The van der Waals surface area contributed by atoms with Crippen molar-refractivity contribution in [2.45, 2.75) is 25.4 Å². The molecule has 2 rings (SSSR count). The van der Waals surface area contributed by atoms with Gasteiger partial charge in [0.05, 0.1) is 0 Å². The van der Waals surface area contributed by atoms with Crippen LogP contribution in [0, 0.1) is 5.82 Å². The van der Waals surface area contributed by atoms with Crippen LogP contribution in [0.3, 0.4) is 0 Å². The third-order valence-electron chi connectivity index (χ3n) is 3.94. The van der Waals surface area contributed by atoms with E-state index in [1.807, 2.05) is 0 Å². The number of unbranched alkanes of at least 4 members (excludes halogenated alkanes) is 1. The highest BCUT2D eigenvalue weighted by molar-refractivity contribution is 6.02. The van der Waals surface area contributed by atoms with Gasteiger partial charge in [-0.15, -0.1) is 0 Å². The first-order chi connectivity index (χ1) is 13.9. The van der Waals surface area contributed by atoms with Crippen LogP contribution >= 0.6 is 0 Å². The van der Waals surface area contributed by atoms with E-state index in [4.69, 9.17) is 9.84 Å². The molecule has 0 aliphatic heterocycles. The lowest BCUT2D eigenvalue weighted by molar-refractivity contribution is -0.131. The second-order valence-electron chi connectivity index (χ2n) is 6.10. The molecule has 2 aromatic carbocycles. The monoisotopic (exact) mass is 401 g/mol. The lowest BCUT2D eigenvalue weighted by Gasteiger charge is -2.18. The number of carboxylic acid groups (broad SMARTS) is 1. The van der Waals surface area contributed by atoms with Gasteiger partial charge < -0.3 is 14.9 Å². The summed E-state index contributed by atoms with van der Waals surface area (Å²) < 4.78 is 19.0. The van der Waals surface area contributed by atoms with Crippen LogP contribution in [-0.2, 0) is 9.53 Å². The van der Waals surface area contributed by atoms with Crippen LogP contribution in [0.4, 0.5) is 9.18 Å². The summed E-state index contributed by atoms with van der Waals surface area (Å²) in [6.45, 7) is 0. The minimum atomic E-state index is -1.07. The summed E-state index contributed by atoms with van der Waals surface area (Å²) in [6.07, 6.45) is 1.65. The minimum absolute atomic E-state index is 0.251. The summed E-state index contributed by atoms with van der Waals surface area (Å²) in [6, 6.07) is 11.7. The Hall–Kier alpha value is -3.68. The number of rotatable bonds is 8. The Kier molecular flexibility index (Phi) is 7.90. The molecular formula is C21H20FNO6. The van der Waals surface area contributed by atoms with E-state index in [1.165, 1.54) is 24.3 Å². The molecule has 8 heteroatoms. The van der Waals surface area contributed by atoms with Gasteiger partial charge in [0.1, 0.15) is 6.10 Å². The molecule has 0 aromatic heterocycles. The van der Waals surface area contributed by atoms with Crippen LogP contribution in [0.1, 0.15) is 41.3 Å². The molecule has 7 nitrogen and oxygen atoms in total. The van der Waals surface area contributed by atoms with Crippen molar-refractivity contribution < 1.29 is 33.7 Å². The van der Waals surface area contributed by atoms with E-state index in [-0.39, 0.29) is 12.0 Å². The zero-order chi connectivity index (χ0) is 21.2. The highest BCUT2D eigenvalue weighted by Crippen LogP contribution is 2.27. The molecule has 152 valence electrons. The van der Waals surface area contributed by atoms with Gasteiger partial charge in [-0.3, -0.25) is 10.1 Å². The average Bonchev–Trinajstić information content (AvgIpc) is 2.69. The molecule has 0 saturated heterocycles. The first kappa shape index (κ1) is 21.6. The van der Waals surface area contributed by atoms with Crippen molar-refractivity contribution in [2.75, 3.05) is 0 Å². The van der Waals surface area contributed by atoms with Crippen LogP contribution in [0.5, 0.6) is 5.75 Å². The summed E-state index contributed by atoms with van der Waals surface area (Å²) in [5.41, 5.74) is 0.570. The number of allylic oxidation sites excluding steroid dienone is 1. The number of phenolic OH excluding ortho intramolecular Hbond substituents is 1. The standard InChI is InChI=1S/C21H20FNO6/c22-16-13-15(11-12-17(16)24)18(9-5-2-6-10-19(25)26)29-21(28)23-20(27)14-7-3-1-4-8-14/h1,3-4,6-8,10-13,18,24H,2,5,9H2,(H,25,26)(H,23,27,28)/b10-6+/t18-/m0/s1. The number of hydrogen-bond acceptors (Lipinski definition) is 5. The molecule has 0 bridgehead atoms. The van der Waals surface area contributed by atoms with Crippen LogP contribution in [-0.4, -0.2) is 28.2 Å². The maximum Gasteiger partial charge on any atom is 0.414 e. The zero-order valence-electron chi connectivity index (χ0n) is 15.4. The molecule has 0 saturated carbocycles. The Bertz CT molecular complexity index is 897. The van der Waals surface area contributed by atoms with Crippen molar-refractivity contribution >= 4 is 18.0 Å². The number of amides is 2. The van der Waals surface area contributed by atoms with Crippen LogP contribution in [0.25, 0.3) is 0 Å².